The lowest BCUT2D eigenvalue weighted by molar-refractivity contribution is 0.171. The van der Waals surface area contributed by atoms with Gasteiger partial charge in [0.1, 0.15) is 13.2 Å². The van der Waals surface area contributed by atoms with Crippen LogP contribution < -0.4 is 14.8 Å². The molecule has 110 valence electrons. The topological polar surface area (TPSA) is 30.5 Å². The van der Waals surface area contributed by atoms with Gasteiger partial charge in [-0.3, -0.25) is 0 Å². The van der Waals surface area contributed by atoms with Crippen LogP contribution in [-0.2, 0) is 6.42 Å². The lowest BCUT2D eigenvalue weighted by Crippen LogP contribution is -2.21. The summed E-state index contributed by atoms with van der Waals surface area (Å²) in [7, 11) is 1.95. The highest BCUT2D eigenvalue weighted by Crippen LogP contribution is 2.38. The summed E-state index contributed by atoms with van der Waals surface area (Å²) in [5.41, 5.74) is 2.30. The van der Waals surface area contributed by atoms with Gasteiger partial charge in [-0.1, -0.05) is 41.9 Å². The van der Waals surface area contributed by atoms with Crippen LogP contribution in [0.25, 0.3) is 0 Å². The fourth-order valence-corrected chi connectivity index (χ4v) is 2.85. The van der Waals surface area contributed by atoms with Gasteiger partial charge in [-0.25, -0.2) is 0 Å². The predicted octanol–water partition coefficient (Wildman–Crippen LogP) is 3.61. The Hall–Kier alpha value is -1.71. The molecule has 1 aliphatic heterocycles. The summed E-state index contributed by atoms with van der Waals surface area (Å²) in [5.74, 6) is 1.50. The Morgan fingerprint density at radius 3 is 2.43 bits per heavy atom. The van der Waals surface area contributed by atoms with Crippen molar-refractivity contribution >= 4 is 11.6 Å². The Morgan fingerprint density at radius 1 is 1.10 bits per heavy atom. The largest absolute Gasteiger partial charge is 0.486 e. The zero-order valence-electron chi connectivity index (χ0n) is 11.9. The number of hydrogen-bond acceptors (Lipinski definition) is 3. The van der Waals surface area contributed by atoms with Crippen LogP contribution in [0.2, 0.25) is 5.02 Å². The lowest BCUT2D eigenvalue weighted by atomic mass is 9.98. The van der Waals surface area contributed by atoms with Crippen molar-refractivity contribution in [3.63, 3.8) is 0 Å². The zero-order chi connectivity index (χ0) is 14.7. The molecule has 21 heavy (non-hydrogen) atoms. The first-order valence-corrected chi connectivity index (χ1v) is 7.46. The second-order valence-electron chi connectivity index (χ2n) is 5.05. The minimum Gasteiger partial charge on any atom is -0.486 e. The van der Waals surface area contributed by atoms with Crippen molar-refractivity contribution in [2.24, 2.45) is 0 Å². The molecule has 0 radical (unpaired) electrons. The molecule has 1 heterocycles. The maximum atomic E-state index is 6.43. The van der Waals surface area contributed by atoms with Gasteiger partial charge in [-0.2, -0.15) is 0 Å². The van der Waals surface area contributed by atoms with E-state index < -0.39 is 0 Å². The van der Waals surface area contributed by atoms with Crippen molar-refractivity contribution in [1.29, 1.82) is 0 Å². The summed E-state index contributed by atoms with van der Waals surface area (Å²) in [6, 6.07) is 14.3. The van der Waals surface area contributed by atoms with Crippen LogP contribution in [0.15, 0.2) is 42.5 Å². The third-order valence-electron chi connectivity index (χ3n) is 3.67. The van der Waals surface area contributed by atoms with E-state index >= 15 is 0 Å². The third-order valence-corrected chi connectivity index (χ3v) is 4.00. The highest BCUT2D eigenvalue weighted by molar-refractivity contribution is 6.31. The summed E-state index contributed by atoms with van der Waals surface area (Å²) in [6.07, 6.45) is 0.872. The molecule has 2 aromatic rings. The minimum atomic E-state index is 0.135. The number of benzene rings is 2. The van der Waals surface area contributed by atoms with E-state index in [0.29, 0.717) is 18.2 Å². The van der Waals surface area contributed by atoms with E-state index in [1.54, 1.807) is 0 Å². The monoisotopic (exact) mass is 303 g/mol. The van der Waals surface area contributed by atoms with E-state index in [0.717, 1.165) is 23.5 Å². The highest BCUT2D eigenvalue weighted by atomic mass is 35.5. The summed E-state index contributed by atoms with van der Waals surface area (Å²) in [5, 5.41) is 4.04. The molecule has 0 aromatic heterocycles. The smallest absolute Gasteiger partial charge is 0.162 e. The molecule has 1 N–H and O–H groups in total. The molecule has 3 rings (SSSR count). The first-order chi connectivity index (χ1) is 10.3. The molecule has 0 spiro atoms. The molecular formula is C17H18ClNO2. The maximum absolute atomic E-state index is 6.43. The van der Waals surface area contributed by atoms with E-state index in [-0.39, 0.29) is 6.04 Å². The second kappa shape index (κ2) is 6.37. The van der Waals surface area contributed by atoms with Crippen molar-refractivity contribution in [3.05, 3.63) is 58.6 Å². The van der Waals surface area contributed by atoms with Crippen LogP contribution in [0.1, 0.15) is 17.2 Å². The van der Waals surface area contributed by atoms with Crippen LogP contribution >= 0.6 is 11.6 Å². The third kappa shape index (κ3) is 3.14. The van der Waals surface area contributed by atoms with Gasteiger partial charge in [0.25, 0.3) is 0 Å². The number of halogens is 1. The van der Waals surface area contributed by atoms with Gasteiger partial charge in [0.2, 0.25) is 0 Å². The van der Waals surface area contributed by atoms with Crippen molar-refractivity contribution < 1.29 is 9.47 Å². The Balaban J connectivity index is 1.90. The van der Waals surface area contributed by atoms with E-state index in [4.69, 9.17) is 21.1 Å². The fraction of sp³-hybridized carbons (Fsp3) is 0.294. The van der Waals surface area contributed by atoms with Crippen LogP contribution in [0.4, 0.5) is 0 Å². The number of likely N-dealkylation sites (N-methyl/N-ethyl adjacent to an activating group) is 1. The molecule has 0 saturated carbocycles. The molecule has 1 aliphatic rings. The second-order valence-corrected chi connectivity index (χ2v) is 5.46. The van der Waals surface area contributed by atoms with Crippen LogP contribution in [0, 0.1) is 0 Å². The molecule has 0 fully saturated rings. The van der Waals surface area contributed by atoms with Crippen molar-refractivity contribution in [1.82, 2.24) is 5.32 Å². The number of hydrogen-bond donors (Lipinski definition) is 1. The van der Waals surface area contributed by atoms with E-state index in [9.17, 15) is 0 Å². The predicted molar refractivity (Wildman–Crippen MR) is 84.4 cm³/mol. The van der Waals surface area contributed by atoms with E-state index in [1.165, 1.54) is 5.56 Å². The number of nitrogens with one attached hydrogen (secondary N) is 1. The fourth-order valence-electron chi connectivity index (χ4n) is 2.56. The molecule has 0 amide bonds. The highest BCUT2D eigenvalue weighted by Gasteiger charge is 2.20. The van der Waals surface area contributed by atoms with Crippen molar-refractivity contribution in [2.75, 3.05) is 20.3 Å². The maximum Gasteiger partial charge on any atom is 0.162 e. The number of ether oxygens (including phenoxy) is 2. The first kappa shape index (κ1) is 14.2. The zero-order valence-corrected chi connectivity index (χ0v) is 12.7. The van der Waals surface area contributed by atoms with Crippen molar-refractivity contribution in [3.8, 4) is 11.5 Å². The van der Waals surface area contributed by atoms with Crippen LogP contribution in [0.3, 0.4) is 0 Å². The van der Waals surface area contributed by atoms with Crippen molar-refractivity contribution in [2.45, 2.75) is 12.5 Å². The molecule has 1 unspecified atom stereocenters. The minimum absolute atomic E-state index is 0.135. The average molecular weight is 304 g/mol. The quantitative estimate of drug-likeness (QED) is 0.936. The summed E-state index contributed by atoms with van der Waals surface area (Å²) >= 11 is 6.43. The molecule has 1 atom stereocenters. The number of rotatable bonds is 4. The Bertz CT molecular complexity index is 616. The van der Waals surface area contributed by atoms with Gasteiger partial charge in [0.05, 0.1) is 0 Å². The summed E-state index contributed by atoms with van der Waals surface area (Å²) in [6.45, 7) is 1.15. The molecular weight excluding hydrogens is 286 g/mol. The van der Waals surface area contributed by atoms with Crippen LogP contribution in [-0.4, -0.2) is 20.3 Å². The normalized spacial score (nSPS) is 14.8. The Kier molecular flexibility index (Phi) is 4.32. The van der Waals surface area contributed by atoms with Gasteiger partial charge in [-0.15, -0.1) is 0 Å². The van der Waals surface area contributed by atoms with E-state index in [1.807, 2.05) is 37.4 Å². The lowest BCUT2D eigenvalue weighted by Gasteiger charge is -2.23. The Labute approximate surface area is 129 Å². The van der Waals surface area contributed by atoms with Gasteiger partial charge in [-0.05, 0) is 30.7 Å². The SMILES string of the molecule is CNC(Cc1ccccc1)c1cc2c(cc1Cl)OCCO2. The van der Waals surface area contributed by atoms with Gasteiger partial charge >= 0.3 is 0 Å². The number of fused-ring (bicyclic) bond motifs is 1. The standard InChI is InChI=1S/C17H18ClNO2/c1-19-15(9-12-5-3-2-4-6-12)13-10-16-17(11-14(13)18)21-8-7-20-16/h2-6,10-11,15,19H,7-9H2,1H3. The van der Waals surface area contributed by atoms with Gasteiger partial charge in [0.15, 0.2) is 11.5 Å². The molecule has 0 aliphatic carbocycles. The molecule has 0 bridgehead atoms. The first-order valence-electron chi connectivity index (χ1n) is 7.08. The van der Waals surface area contributed by atoms with E-state index in [2.05, 4.69) is 17.4 Å². The summed E-state index contributed by atoms with van der Waals surface area (Å²) in [4.78, 5) is 0. The molecule has 4 heteroatoms. The van der Waals surface area contributed by atoms with Gasteiger partial charge < -0.3 is 14.8 Å². The molecule has 0 saturated heterocycles. The molecule has 2 aromatic carbocycles. The Morgan fingerprint density at radius 2 is 1.76 bits per heavy atom. The summed E-state index contributed by atoms with van der Waals surface area (Å²) < 4.78 is 11.2. The average Bonchev–Trinajstić information content (AvgIpc) is 2.53. The van der Waals surface area contributed by atoms with Crippen LogP contribution in [0.5, 0.6) is 11.5 Å². The molecule has 3 nitrogen and oxygen atoms in total. The van der Waals surface area contributed by atoms with Gasteiger partial charge in [0, 0.05) is 17.1 Å².